The molecule has 1 aliphatic heterocycles. The molecule has 128 valence electrons. The van der Waals surface area contributed by atoms with E-state index >= 15 is 0 Å². The molecular weight excluding hydrogens is 344 g/mol. The maximum atomic E-state index is 12.5. The lowest BCUT2D eigenvalue weighted by atomic mass is 10.1. The summed E-state index contributed by atoms with van der Waals surface area (Å²) in [6.07, 6.45) is 2.70. The Bertz CT molecular complexity index is 820. The van der Waals surface area contributed by atoms with Gasteiger partial charge >= 0.3 is 10.2 Å². The molecule has 1 aromatic heterocycles. The van der Waals surface area contributed by atoms with Crippen LogP contribution in [0.3, 0.4) is 0 Å². The van der Waals surface area contributed by atoms with E-state index in [1.165, 1.54) is 15.6 Å². The average molecular weight is 364 g/mol. The van der Waals surface area contributed by atoms with Gasteiger partial charge in [-0.1, -0.05) is 36.2 Å². The van der Waals surface area contributed by atoms with Crippen LogP contribution in [0.4, 0.5) is 0 Å². The summed E-state index contributed by atoms with van der Waals surface area (Å²) in [5.41, 5.74) is 2.79. The molecule has 0 radical (unpaired) electrons. The molecule has 1 saturated heterocycles. The zero-order valence-electron chi connectivity index (χ0n) is 13.5. The van der Waals surface area contributed by atoms with Gasteiger partial charge in [0.25, 0.3) is 5.91 Å². The first kappa shape index (κ1) is 17.1. The number of thiophene rings is 1. The maximum Gasteiger partial charge on any atom is 0.304 e. The van der Waals surface area contributed by atoms with E-state index in [-0.39, 0.29) is 0 Å². The number of nitrogens with one attached hydrogen (secondary N) is 1. The second-order valence-electron chi connectivity index (χ2n) is 5.93. The van der Waals surface area contributed by atoms with Crippen LogP contribution in [-0.2, 0) is 10.2 Å². The van der Waals surface area contributed by atoms with E-state index in [9.17, 15) is 13.2 Å². The molecule has 24 heavy (non-hydrogen) atoms. The first-order valence-corrected chi connectivity index (χ1v) is 10.3. The van der Waals surface area contributed by atoms with Crippen LogP contribution in [0.25, 0.3) is 11.1 Å². The van der Waals surface area contributed by atoms with E-state index < -0.39 is 16.1 Å². The summed E-state index contributed by atoms with van der Waals surface area (Å²) in [4.78, 5) is 12.9. The number of piperidine rings is 1. The van der Waals surface area contributed by atoms with Gasteiger partial charge in [-0.05, 0) is 36.8 Å². The lowest BCUT2D eigenvalue weighted by Crippen LogP contribution is -2.45. The fourth-order valence-electron chi connectivity index (χ4n) is 2.78. The minimum Gasteiger partial charge on any atom is -0.267 e. The monoisotopic (exact) mass is 364 g/mol. The van der Waals surface area contributed by atoms with Crippen LogP contribution in [0.1, 0.15) is 34.5 Å². The van der Waals surface area contributed by atoms with Gasteiger partial charge in [-0.25, -0.2) is 4.72 Å². The SMILES string of the molecule is Cc1ccc(-c2ccsc2C(=O)NS(=O)(=O)N2CCCCC2)cc1. The average Bonchev–Trinajstić information content (AvgIpc) is 3.06. The lowest BCUT2D eigenvalue weighted by molar-refractivity contribution is 0.0983. The normalized spacial score (nSPS) is 16.0. The summed E-state index contributed by atoms with van der Waals surface area (Å²) in [6, 6.07) is 9.66. The third kappa shape index (κ3) is 3.68. The maximum absolute atomic E-state index is 12.5. The molecule has 2 aromatic rings. The molecule has 1 N–H and O–H groups in total. The van der Waals surface area contributed by atoms with Crippen LogP contribution in [-0.4, -0.2) is 31.7 Å². The van der Waals surface area contributed by atoms with Crippen LogP contribution in [0.2, 0.25) is 0 Å². The number of hydrogen-bond acceptors (Lipinski definition) is 4. The quantitative estimate of drug-likeness (QED) is 0.906. The molecule has 0 bridgehead atoms. The highest BCUT2D eigenvalue weighted by atomic mass is 32.2. The summed E-state index contributed by atoms with van der Waals surface area (Å²) in [6.45, 7) is 2.94. The highest BCUT2D eigenvalue weighted by Crippen LogP contribution is 2.28. The van der Waals surface area contributed by atoms with Gasteiger partial charge in [0.2, 0.25) is 0 Å². The van der Waals surface area contributed by atoms with Crippen molar-refractivity contribution in [1.82, 2.24) is 9.03 Å². The van der Waals surface area contributed by atoms with E-state index in [0.29, 0.717) is 18.0 Å². The Hall–Kier alpha value is -1.70. The molecule has 5 nitrogen and oxygen atoms in total. The minimum absolute atomic E-state index is 0.416. The molecule has 3 rings (SSSR count). The van der Waals surface area contributed by atoms with Crippen LogP contribution in [0, 0.1) is 6.92 Å². The zero-order valence-corrected chi connectivity index (χ0v) is 15.1. The number of hydrogen-bond donors (Lipinski definition) is 1. The van der Waals surface area contributed by atoms with Gasteiger partial charge in [0, 0.05) is 18.7 Å². The first-order valence-electron chi connectivity index (χ1n) is 7.94. The molecule has 0 unspecified atom stereocenters. The van der Waals surface area contributed by atoms with E-state index in [1.807, 2.05) is 37.3 Å². The Morgan fingerprint density at radius 1 is 1.08 bits per heavy atom. The molecule has 1 fully saturated rings. The Morgan fingerprint density at radius 2 is 1.75 bits per heavy atom. The van der Waals surface area contributed by atoms with Crippen LogP contribution in [0.5, 0.6) is 0 Å². The largest absolute Gasteiger partial charge is 0.304 e. The summed E-state index contributed by atoms with van der Waals surface area (Å²) in [7, 11) is -3.77. The summed E-state index contributed by atoms with van der Waals surface area (Å²) in [5, 5.41) is 1.80. The van der Waals surface area contributed by atoms with Crippen LogP contribution >= 0.6 is 11.3 Å². The van der Waals surface area contributed by atoms with Crippen molar-refractivity contribution >= 4 is 27.5 Å². The topological polar surface area (TPSA) is 66.5 Å². The summed E-state index contributed by atoms with van der Waals surface area (Å²) in [5.74, 6) is -0.564. The van der Waals surface area contributed by atoms with Crippen LogP contribution < -0.4 is 4.72 Å². The van der Waals surface area contributed by atoms with Gasteiger partial charge in [0.1, 0.15) is 4.88 Å². The highest BCUT2D eigenvalue weighted by molar-refractivity contribution is 7.87. The van der Waals surface area contributed by atoms with Crippen molar-refractivity contribution < 1.29 is 13.2 Å². The van der Waals surface area contributed by atoms with Crippen molar-refractivity contribution in [2.24, 2.45) is 0 Å². The van der Waals surface area contributed by atoms with E-state index in [0.717, 1.165) is 36.0 Å². The molecule has 1 amide bonds. The summed E-state index contributed by atoms with van der Waals surface area (Å²) < 4.78 is 28.3. The van der Waals surface area contributed by atoms with Crippen LogP contribution in [0.15, 0.2) is 35.7 Å². The Kier molecular flexibility index (Phi) is 5.03. The lowest BCUT2D eigenvalue weighted by Gasteiger charge is -2.25. The van der Waals surface area contributed by atoms with Crippen molar-refractivity contribution in [3.8, 4) is 11.1 Å². The number of carbonyl (C=O) groups excluding carboxylic acids is 1. The molecule has 0 aliphatic carbocycles. The third-order valence-corrected chi connectivity index (χ3v) is 6.51. The van der Waals surface area contributed by atoms with E-state index in [2.05, 4.69) is 4.72 Å². The second kappa shape index (κ2) is 7.04. The van der Waals surface area contributed by atoms with Gasteiger partial charge in [-0.2, -0.15) is 12.7 Å². The van der Waals surface area contributed by atoms with Gasteiger partial charge < -0.3 is 0 Å². The van der Waals surface area contributed by atoms with Crippen molar-refractivity contribution in [2.45, 2.75) is 26.2 Å². The van der Waals surface area contributed by atoms with Gasteiger partial charge in [-0.15, -0.1) is 11.3 Å². The predicted octanol–water partition coefficient (Wildman–Crippen LogP) is 3.18. The number of carbonyl (C=O) groups is 1. The molecule has 1 aliphatic rings. The molecule has 7 heteroatoms. The van der Waals surface area contributed by atoms with Gasteiger partial charge in [0.05, 0.1) is 0 Å². The molecule has 0 spiro atoms. The molecule has 1 aromatic carbocycles. The number of benzene rings is 1. The van der Waals surface area contributed by atoms with E-state index in [4.69, 9.17) is 0 Å². The Labute approximate surface area is 146 Å². The van der Waals surface area contributed by atoms with Crippen molar-refractivity contribution in [1.29, 1.82) is 0 Å². The Balaban J connectivity index is 1.81. The van der Waals surface area contributed by atoms with Crippen molar-refractivity contribution in [3.63, 3.8) is 0 Å². The molecule has 2 heterocycles. The minimum atomic E-state index is -3.77. The van der Waals surface area contributed by atoms with Crippen molar-refractivity contribution in [2.75, 3.05) is 13.1 Å². The standard InChI is InChI=1S/C17H20N2O3S2/c1-13-5-7-14(8-6-13)15-9-12-23-16(15)17(20)18-24(21,22)19-10-3-2-4-11-19/h5-9,12H,2-4,10-11H2,1H3,(H,18,20). The smallest absolute Gasteiger partial charge is 0.267 e. The molecule has 0 atom stereocenters. The van der Waals surface area contributed by atoms with Gasteiger partial charge in [0.15, 0.2) is 0 Å². The molecular formula is C17H20N2O3S2. The Morgan fingerprint density at radius 3 is 2.42 bits per heavy atom. The zero-order chi connectivity index (χ0) is 17.2. The summed E-state index contributed by atoms with van der Waals surface area (Å²) >= 11 is 1.25. The fourth-order valence-corrected chi connectivity index (χ4v) is 4.86. The predicted molar refractivity (Wildman–Crippen MR) is 96.3 cm³/mol. The van der Waals surface area contributed by atoms with E-state index in [1.54, 1.807) is 5.38 Å². The van der Waals surface area contributed by atoms with Gasteiger partial charge in [-0.3, -0.25) is 4.79 Å². The number of amides is 1. The first-order chi connectivity index (χ1) is 11.5. The van der Waals surface area contributed by atoms with Crippen molar-refractivity contribution in [3.05, 3.63) is 46.2 Å². The number of aryl methyl sites for hydroxylation is 1. The molecule has 0 saturated carbocycles. The third-order valence-electron chi connectivity index (χ3n) is 4.11. The highest BCUT2D eigenvalue weighted by Gasteiger charge is 2.27. The number of nitrogens with zero attached hydrogens (tertiary/aromatic N) is 1. The second-order valence-corrected chi connectivity index (χ2v) is 8.51. The fraction of sp³-hybridized carbons (Fsp3) is 0.353. The number of rotatable bonds is 4.